The number of fused-ring (bicyclic) bond motifs is 1. The Morgan fingerprint density at radius 3 is 2.76 bits per heavy atom. The molecule has 3 aromatic rings. The Hall–Kier alpha value is -3.14. The summed E-state index contributed by atoms with van der Waals surface area (Å²) in [5.41, 5.74) is 2.67. The third-order valence-corrected chi connectivity index (χ3v) is 6.63. The van der Waals surface area contributed by atoms with Gasteiger partial charge >= 0.3 is 0 Å². The summed E-state index contributed by atoms with van der Waals surface area (Å²) in [5, 5.41) is 11.1. The maximum absolute atomic E-state index is 12.3. The first-order chi connectivity index (χ1) is 16.5. The minimum absolute atomic E-state index is 0.0655. The Kier molecular flexibility index (Phi) is 7.66. The van der Waals surface area contributed by atoms with Crippen LogP contribution in [0.15, 0.2) is 53.3 Å². The van der Waals surface area contributed by atoms with Crippen molar-refractivity contribution in [3.63, 3.8) is 0 Å². The molecule has 0 spiro atoms. The molecule has 1 saturated heterocycles. The number of benzene rings is 2. The van der Waals surface area contributed by atoms with Gasteiger partial charge in [0.05, 0.1) is 31.3 Å². The lowest BCUT2D eigenvalue weighted by molar-refractivity contribution is 0.0358. The van der Waals surface area contributed by atoms with Gasteiger partial charge in [0.2, 0.25) is 0 Å². The van der Waals surface area contributed by atoms with Gasteiger partial charge in [-0.3, -0.25) is 9.69 Å². The van der Waals surface area contributed by atoms with E-state index in [0.29, 0.717) is 19.4 Å². The highest BCUT2D eigenvalue weighted by molar-refractivity contribution is 5.80. The normalized spacial score (nSPS) is 16.1. The third kappa shape index (κ3) is 5.67. The zero-order valence-corrected chi connectivity index (χ0v) is 20.1. The van der Waals surface area contributed by atoms with Crippen LogP contribution in [0.25, 0.3) is 10.9 Å². The van der Waals surface area contributed by atoms with Crippen LogP contribution in [-0.2, 0) is 23.0 Å². The number of aromatic nitrogens is 1. The van der Waals surface area contributed by atoms with Crippen LogP contribution in [-0.4, -0.2) is 49.3 Å². The lowest BCUT2D eigenvalue weighted by atomic mass is 9.78. The average molecular weight is 460 g/mol. The van der Waals surface area contributed by atoms with Gasteiger partial charge in [0.1, 0.15) is 5.75 Å². The van der Waals surface area contributed by atoms with Gasteiger partial charge < -0.3 is 14.5 Å². The van der Waals surface area contributed by atoms with E-state index in [-0.39, 0.29) is 5.56 Å². The Labute approximate surface area is 201 Å². The molecular weight excluding hydrogens is 426 g/mol. The van der Waals surface area contributed by atoms with Crippen LogP contribution < -0.4 is 10.3 Å². The van der Waals surface area contributed by atoms with E-state index in [1.807, 2.05) is 62.4 Å². The summed E-state index contributed by atoms with van der Waals surface area (Å²) in [6.45, 7) is 9.20. The molecule has 1 atom stereocenters. The number of aromatic amines is 1. The minimum atomic E-state index is -0.733. The van der Waals surface area contributed by atoms with Crippen LogP contribution in [0.5, 0.6) is 5.75 Å². The van der Waals surface area contributed by atoms with Crippen molar-refractivity contribution in [3.8, 4) is 11.8 Å². The standard InChI is InChI=1S/C28H33N3O3/c1-3-22-17-23-8-9-24(18-26(23)30-27(22)32)28(2,20-29)19-21-6-4-7-25(16-21)34-13-5-10-31-11-14-33-15-12-31/h4,6-9,16-18H,3,5,10-15,19H2,1-2H3,(H,30,32). The second-order valence-corrected chi connectivity index (χ2v) is 9.20. The van der Waals surface area contributed by atoms with Crippen LogP contribution in [0.1, 0.15) is 37.0 Å². The summed E-state index contributed by atoms with van der Waals surface area (Å²) in [5.74, 6) is 0.828. The monoisotopic (exact) mass is 459 g/mol. The molecule has 178 valence electrons. The SMILES string of the molecule is CCc1cc2ccc(C(C)(C#N)Cc3cccc(OCCCN4CCOCC4)c3)cc2[nH]c1=O. The Balaban J connectivity index is 1.44. The quantitative estimate of drug-likeness (QED) is 0.485. The van der Waals surface area contributed by atoms with Crippen molar-refractivity contribution < 1.29 is 9.47 Å². The van der Waals surface area contributed by atoms with E-state index in [0.717, 1.165) is 72.6 Å². The fourth-order valence-corrected chi connectivity index (χ4v) is 4.51. The molecular formula is C28H33N3O3. The molecule has 1 aliphatic heterocycles. The first-order valence-corrected chi connectivity index (χ1v) is 12.1. The molecule has 2 heterocycles. The summed E-state index contributed by atoms with van der Waals surface area (Å²) in [7, 11) is 0. The fourth-order valence-electron chi connectivity index (χ4n) is 4.51. The minimum Gasteiger partial charge on any atom is -0.494 e. The molecule has 0 amide bonds. The predicted molar refractivity (Wildman–Crippen MR) is 134 cm³/mol. The fraction of sp³-hybridized carbons (Fsp3) is 0.429. The van der Waals surface area contributed by atoms with Crippen LogP contribution in [0, 0.1) is 11.3 Å². The van der Waals surface area contributed by atoms with E-state index in [1.54, 1.807) is 0 Å². The summed E-state index contributed by atoms with van der Waals surface area (Å²) in [4.78, 5) is 17.7. The Morgan fingerprint density at radius 2 is 2.00 bits per heavy atom. The number of aryl methyl sites for hydroxylation is 1. The number of pyridine rings is 1. The highest BCUT2D eigenvalue weighted by Crippen LogP contribution is 2.30. The molecule has 1 aromatic heterocycles. The van der Waals surface area contributed by atoms with Gasteiger partial charge in [-0.15, -0.1) is 0 Å². The zero-order chi connectivity index (χ0) is 24.0. The van der Waals surface area contributed by atoms with Gasteiger partial charge in [-0.25, -0.2) is 0 Å². The summed E-state index contributed by atoms with van der Waals surface area (Å²) in [6, 6.07) is 18.4. The van der Waals surface area contributed by atoms with Gasteiger partial charge in [-0.1, -0.05) is 31.2 Å². The van der Waals surface area contributed by atoms with Gasteiger partial charge in [-0.2, -0.15) is 5.26 Å². The van der Waals surface area contributed by atoms with E-state index in [1.165, 1.54) is 0 Å². The molecule has 1 fully saturated rings. The Bertz CT molecular complexity index is 1220. The van der Waals surface area contributed by atoms with E-state index in [2.05, 4.69) is 16.0 Å². The van der Waals surface area contributed by atoms with Gasteiger partial charge in [0.15, 0.2) is 0 Å². The number of ether oxygens (including phenoxy) is 2. The molecule has 0 bridgehead atoms. The molecule has 6 heteroatoms. The summed E-state index contributed by atoms with van der Waals surface area (Å²) < 4.78 is 11.4. The summed E-state index contributed by atoms with van der Waals surface area (Å²) >= 11 is 0. The van der Waals surface area contributed by atoms with E-state index in [4.69, 9.17) is 9.47 Å². The van der Waals surface area contributed by atoms with E-state index >= 15 is 0 Å². The van der Waals surface area contributed by atoms with E-state index in [9.17, 15) is 10.1 Å². The number of morpholine rings is 1. The zero-order valence-electron chi connectivity index (χ0n) is 20.1. The van der Waals surface area contributed by atoms with Gasteiger partial charge in [0.25, 0.3) is 5.56 Å². The van der Waals surface area contributed by atoms with Crippen molar-refractivity contribution in [1.29, 1.82) is 5.26 Å². The first kappa shape index (κ1) is 24.0. The molecule has 0 aliphatic carbocycles. The number of H-pyrrole nitrogens is 1. The van der Waals surface area contributed by atoms with Crippen LogP contribution in [0.4, 0.5) is 0 Å². The molecule has 1 aliphatic rings. The van der Waals surface area contributed by atoms with Crippen molar-refractivity contribution in [2.24, 2.45) is 0 Å². The first-order valence-electron chi connectivity index (χ1n) is 12.1. The molecule has 0 saturated carbocycles. The molecule has 2 aromatic carbocycles. The molecule has 0 radical (unpaired) electrons. The second-order valence-electron chi connectivity index (χ2n) is 9.20. The smallest absolute Gasteiger partial charge is 0.251 e. The maximum Gasteiger partial charge on any atom is 0.251 e. The van der Waals surface area contributed by atoms with Crippen LogP contribution >= 0.6 is 0 Å². The molecule has 4 rings (SSSR count). The number of nitrogens with zero attached hydrogens (tertiary/aromatic N) is 2. The average Bonchev–Trinajstić information content (AvgIpc) is 2.86. The second kappa shape index (κ2) is 10.9. The molecule has 34 heavy (non-hydrogen) atoms. The third-order valence-electron chi connectivity index (χ3n) is 6.63. The maximum atomic E-state index is 12.3. The topological polar surface area (TPSA) is 78.3 Å². The molecule has 6 nitrogen and oxygen atoms in total. The number of nitriles is 1. The van der Waals surface area contributed by atoms with Crippen molar-refractivity contribution in [2.45, 2.75) is 38.5 Å². The lowest BCUT2D eigenvalue weighted by Crippen LogP contribution is -2.37. The van der Waals surface area contributed by atoms with Crippen molar-refractivity contribution in [3.05, 3.63) is 75.6 Å². The highest BCUT2D eigenvalue weighted by Gasteiger charge is 2.27. The van der Waals surface area contributed by atoms with Crippen LogP contribution in [0.2, 0.25) is 0 Å². The number of hydrogen-bond donors (Lipinski definition) is 1. The van der Waals surface area contributed by atoms with Crippen LogP contribution in [0.3, 0.4) is 0 Å². The van der Waals surface area contributed by atoms with Gasteiger partial charge in [-0.05, 0) is 67.0 Å². The lowest BCUT2D eigenvalue weighted by Gasteiger charge is -2.26. The largest absolute Gasteiger partial charge is 0.494 e. The van der Waals surface area contributed by atoms with Gasteiger partial charge in [0, 0.05) is 30.7 Å². The van der Waals surface area contributed by atoms with E-state index < -0.39 is 5.41 Å². The van der Waals surface area contributed by atoms with Crippen molar-refractivity contribution in [1.82, 2.24) is 9.88 Å². The summed E-state index contributed by atoms with van der Waals surface area (Å²) in [6.07, 6.45) is 2.21. The Morgan fingerprint density at radius 1 is 1.18 bits per heavy atom. The number of rotatable bonds is 9. The highest BCUT2D eigenvalue weighted by atomic mass is 16.5. The molecule has 1 N–H and O–H groups in total. The predicted octanol–water partition coefficient (Wildman–Crippen LogP) is 4.22. The number of hydrogen-bond acceptors (Lipinski definition) is 5. The number of nitrogens with one attached hydrogen (secondary N) is 1. The van der Waals surface area contributed by atoms with Crippen molar-refractivity contribution in [2.75, 3.05) is 39.5 Å². The van der Waals surface area contributed by atoms with Crippen molar-refractivity contribution >= 4 is 10.9 Å². The molecule has 1 unspecified atom stereocenters.